The van der Waals surface area contributed by atoms with Crippen LogP contribution in [0.15, 0.2) is 47.5 Å². The van der Waals surface area contributed by atoms with E-state index in [2.05, 4.69) is 13.8 Å². The van der Waals surface area contributed by atoms with Crippen molar-refractivity contribution in [2.45, 2.75) is 19.4 Å². The zero-order valence-electron chi connectivity index (χ0n) is 13.9. The standard InChI is InChI=1S/C19H21NO3/c1-19(2)12-23-18(20-19)15-6-5-7-16(22-4)17(15)13-8-10-14(21-3)11-9-13/h5-11H,12H2,1-4H3. The molecule has 0 N–H and O–H groups in total. The first kappa shape index (κ1) is 15.4. The van der Waals surface area contributed by atoms with Crippen molar-refractivity contribution in [3.63, 3.8) is 0 Å². The van der Waals surface area contributed by atoms with Crippen LogP contribution in [0, 0.1) is 0 Å². The van der Waals surface area contributed by atoms with Gasteiger partial charge in [0, 0.05) is 11.1 Å². The van der Waals surface area contributed by atoms with Crippen molar-refractivity contribution in [1.29, 1.82) is 0 Å². The predicted molar refractivity (Wildman–Crippen MR) is 91.6 cm³/mol. The Bertz CT molecular complexity index is 733. The van der Waals surface area contributed by atoms with Crippen molar-refractivity contribution >= 4 is 5.90 Å². The van der Waals surface area contributed by atoms with Crippen LogP contribution in [-0.4, -0.2) is 32.3 Å². The van der Waals surface area contributed by atoms with Crippen LogP contribution in [0.25, 0.3) is 11.1 Å². The number of benzene rings is 2. The van der Waals surface area contributed by atoms with E-state index in [9.17, 15) is 0 Å². The van der Waals surface area contributed by atoms with Crippen LogP contribution in [0.2, 0.25) is 0 Å². The number of hydrogen-bond donors (Lipinski definition) is 0. The summed E-state index contributed by atoms with van der Waals surface area (Å²) in [4.78, 5) is 4.70. The average Bonchev–Trinajstić information content (AvgIpc) is 2.94. The predicted octanol–water partition coefficient (Wildman–Crippen LogP) is 3.93. The molecule has 0 atom stereocenters. The van der Waals surface area contributed by atoms with E-state index in [0.29, 0.717) is 12.5 Å². The molecule has 0 spiro atoms. The maximum atomic E-state index is 5.83. The van der Waals surface area contributed by atoms with Gasteiger partial charge in [-0.3, -0.25) is 0 Å². The number of nitrogens with zero attached hydrogens (tertiary/aromatic N) is 1. The zero-order chi connectivity index (χ0) is 16.4. The van der Waals surface area contributed by atoms with Crippen molar-refractivity contribution in [1.82, 2.24) is 0 Å². The van der Waals surface area contributed by atoms with Crippen LogP contribution in [0.5, 0.6) is 11.5 Å². The summed E-state index contributed by atoms with van der Waals surface area (Å²) >= 11 is 0. The lowest BCUT2D eigenvalue weighted by molar-refractivity contribution is 0.279. The molecule has 0 radical (unpaired) electrons. The molecule has 0 saturated heterocycles. The molecule has 0 fully saturated rings. The summed E-state index contributed by atoms with van der Waals surface area (Å²) in [6.45, 7) is 4.71. The molecule has 2 aromatic rings. The summed E-state index contributed by atoms with van der Waals surface area (Å²) in [7, 11) is 3.33. The SMILES string of the molecule is COc1ccc(-c2c(OC)cccc2C2=NC(C)(C)CO2)cc1. The molecule has 0 aliphatic carbocycles. The molecular weight excluding hydrogens is 290 g/mol. The second-order valence-corrected chi connectivity index (χ2v) is 6.13. The fourth-order valence-electron chi connectivity index (χ4n) is 2.66. The quantitative estimate of drug-likeness (QED) is 0.859. The fourth-order valence-corrected chi connectivity index (χ4v) is 2.66. The molecule has 0 bridgehead atoms. The lowest BCUT2D eigenvalue weighted by Crippen LogP contribution is -2.17. The lowest BCUT2D eigenvalue weighted by Gasteiger charge is -2.14. The Morgan fingerprint density at radius 1 is 1.00 bits per heavy atom. The molecule has 1 aliphatic heterocycles. The summed E-state index contributed by atoms with van der Waals surface area (Å²) in [5.41, 5.74) is 2.76. The van der Waals surface area contributed by atoms with Gasteiger partial charge in [0.05, 0.1) is 19.8 Å². The summed E-state index contributed by atoms with van der Waals surface area (Å²) in [5, 5.41) is 0. The Balaban J connectivity index is 2.14. The molecule has 0 unspecified atom stereocenters. The van der Waals surface area contributed by atoms with Crippen LogP contribution in [0.4, 0.5) is 0 Å². The second kappa shape index (κ2) is 5.95. The Labute approximate surface area is 136 Å². The van der Waals surface area contributed by atoms with Gasteiger partial charge in [-0.05, 0) is 43.7 Å². The topological polar surface area (TPSA) is 40.0 Å². The Hall–Kier alpha value is -2.49. The Morgan fingerprint density at radius 3 is 2.30 bits per heavy atom. The van der Waals surface area contributed by atoms with E-state index in [-0.39, 0.29) is 5.54 Å². The maximum absolute atomic E-state index is 5.83. The van der Waals surface area contributed by atoms with Gasteiger partial charge in [0.1, 0.15) is 18.1 Å². The highest BCUT2D eigenvalue weighted by Gasteiger charge is 2.29. The van der Waals surface area contributed by atoms with E-state index in [1.807, 2.05) is 42.5 Å². The van der Waals surface area contributed by atoms with Gasteiger partial charge in [0.2, 0.25) is 5.90 Å². The van der Waals surface area contributed by atoms with E-state index in [0.717, 1.165) is 28.2 Å². The molecule has 2 aromatic carbocycles. The number of aliphatic imine (C=N–C) groups is 1. The van der Waals surface area contributed by atoms with E-state index in [1.54, 1.807) is 14.2 Å². The minimum atomic E-state index is -0.199. The van der Waals surface area contributed by atoms with Gasteiger partial charge in [-0.2, -0.15) is 0 Å². The van der Waals surface area contributed by atoms with Gasteiger partial charge in [0.25, 0.3) is 0 Å². The second-order valence-electron chi connectivity index (χ2n) is 6.13. The van der Waals surface area contributed by atoms with Crippen molar-refractivity contribution in [3.05, 3.63) is 48.0 Å². The van der Waals surface area contributed by atoms with Crippen molar-refractivity contribution < 1.29 is 14.2 Å². The maximum Gasteiger partial charge on any atom is 0.217 e. The lowest BCUT2D eigenvalue weighted by atomic mass is 9.98. The van der Waals surface area contributed by atoms with Crippen LogP contribution < -0.4 is 9.47 Å². The van der Waals surface area contributed by atoms with Crippen LogP contribution in [0.1, 0.15) is 19.4 Å². The third-order valence-corrected chi connectivity index (χ3v) is 3.82. The zero-order valence-corrected chi connectivity index (χ0v) is 13.9. The fraction of sp³-hybridized carbons (Fsp3) is 0.316. The van der Waals surface area contributed by atoms with Gasteiger partial charge in [-0.25, -0.2) is 4.99 Å². The molecule has 23 heavy (non-hydrogen) atoms. The molecule has 1 aliphatic rings. The summed E-state index contributed by atoms with van der Waals surface area (Å²) < 4.78 is 16.6. The van der Waals surface area contributed by atoms with Gasteiger partial charge in [-0.1, -0.05) is 18.2 Å². The highest BCUT2D eigenvalue weighted by atomic mass is 16.5. The number of hydrogen-bond acceptors (Lipinski definition) is 4. The molecule has 4 nitrogen and oxygen atoms in total. The highest BCUT2D eigenvalue weighted by Crippen LogP contribution is 2.36. The van der Waals surface area contributed by atoms with E-state index in [1.165, 1.54) is 0 Å². The van der Waals surface area contributed by atoms with Crippen LogP contribution in [0.3, 0.4) is 0 Å². The van der Waals surface area contributed by atoms with Crippen molar-refractivity contribution in [2.75, 3.05) is 20.8 Å². The third kappa shape index (κ3) is 3.02. The number of rotatable bonds is 4. The first-order valence-corrected chi connectivity index (χ1v) is 7.58. The molecular formula is C19H21NO3. The third-order valence-electron chi connectivity index (χ3n) is 3.82. The van der Waals surface area contributed by atoms with E-state index in [4.69, 9.17) is 19.2 Å². The van der Waals surface area contributed by atoms with Crippen molar-refractivity contribution in [3.8, 4) is 22.6 Å². The van der Waals surface area contributed by atoms with Crippen LogP contribution in [-0.2, 0) is 4.74 Å². The van der Waals surface area contributed by atoms with Gasteiger partial charge in [-0.15, -0.1) is 0 Å². The first-order valence-electron chi connectivity index (χ1n) is 7.58. The Morgan fingerprint density at radius 2 is 1.74 bits per heavy atom. The number of ether oxygens (including phenoxy) is 3. The summed E-state index contributed by atoms with van der Waals surface area (Å²) in [6, 6.07) is 13.8. The van der Waals surface area contributed by atoms with Gasteiger partial charge in [0.15, 0.2) is 0 Å². The van der Waals surface area contributed by atoms with Gasteiger partial charge < -0.3 is 14.2 Å². The Kier molecular flexibility index (Phi) is 3.99. The molecule has 120 valence electrons. The summed E-state index contributed by atoms with van der Waals surface area (Å²) in [6.07, 6.45) is 0. The highest BCUT2D eigenvalue weighted by molar-refractivity contribution is 6.03. The first-order chi connectivity index (χ1) is 11.0. The number of methoxy groups -OCH3 is 2. The molecule has 3 rings (SSSR count). The van der Waals surface area contributed by atoms with Crippen molar-refractivity contribution in [2.24, 2.45) is 4.99 Å². The molecule has 1 heterocycles. The minimum Gasteiger partial charge on any atom is -0.497 e. The summed E-state index contributed by atoms with van der Waals surface area (Å²) in [5.74, 6) is 2.28. The smallest absolute Gasteiger partial charge is 0.217 e. The minimum absolute atomic E-state index is 0.199. The van der Waals surface area contributed by atoms with Gasteiger partial charge >= 0.3 is 0 Å². The van der Waals surface area contributed by atoms with E-state index >= 15 is 0 Å². The largest absolute Gasteiger partial charge is 0.497 e. The van der Waals surface area contributed by atoms with E-state index < -0.39 is 0 Å². The van der Waals surface area contributed by atoms with Crippen LogP contribution >= 0.6 is 0 Å². The average molecular weight is 311 g/mol. The normalized spacial score (nSPS) is 15.7. The molecule has 4 heteroatoms. The molecule has 0 saturated carbocycles. The molecule has 0 aromatic heterocycles. The molecule has 0 amide bonds. The monoisotopic (exact) mass is 311 g/mol.